The number of rotatable bonds is 7. The minimum atomic E-state index is 0.634. The lowest BCUT2D eigenvalue weighted by molar-refractivity contribution is 0.171. The van der Waals surface area contributed by atoms with Gasteiger partial charge in [0.2, 0.25) is 0 Å². The summed E-state index contributed by atoms with van der Waals surface area (Å²) in [6, 6.07) is 0. The third-order valence-electron chi connectivity index (χ3n) is 6.07. The second-order valence-corrected chi connectivity index (χ2v) is 7.48. The molecule has 3 aliphatic rings. The van der Waals surface area contributed by atoms with Crippen LogP contribution in [-0.2, 0) is 0 Å². The van der Waals surface area contributed by atoms with Crippen LogP contribution in [0, 0.1) is 36.0 Å². The fraction of sp³-hybridized carbons (Fsp3) is 0.762. The summed E-state index contributed by atoms with van der Waals surface area (Å²) in [6.45, 7) is 2.30. The summed E-state index contributed by atoms with van der Waals surface area (Å²) < 4.78 is 0. The predicted octanol–water partition coefficient (Wildman–Crippen LogP) is 6.22. The molecule has 5 unspecified atom stereocenters. The van der Waals surface area contributed by atoms with Gasteiger partial charge in [-0.25, -0.2) is 0 Å². The zero-order chi connectivity index (χ0) is 14.5. The first-order chi connectivity index (χ1) is 10.4. The molecule has 0 spiro atoms. The summed E-state index contributed by atoms with van der Waals surface area (Å²) >= 11 is 0. The van der Waals surface area contributed by atoms with Crippen molar-refractivity contribution in [2.24, 2.45) is 29.6 Å². The maximum atomic E-state index is 3.97. The molecule has 0 heteroatoms. The Morgan fingerprint density at radius 3 is 2.67 bits per heavy atom. The molecule has 0 saturated heterocycles. The number of unbranched alkanes of at least 4 members (excludes halogenated alkanes) is 5. The van der Waals surface area contributed by atoms with E-state index in [1.165, 1.54) is 64.2 Å². The van der Waals surface area contributed by atoms with Gasteiger partial charge in [-0.3, -0.25) is 0 Å². The van der Waals surface area contributed by atoms with Gasteiger partial charge in [-0.2, -0.15) is 0 Å². The highest BCUT2D eigenvalue weighted by molar-refractivity contribution is 5.23. The summed E-state index contributed by atoms with van der Waals surface area (Å²) in [5, 5.41) is 0. The van der Waals surface area contributed by atoms with Gasteiger partial charge in [0.25, 0.3) is 0 Å². The van der Waals surface area contributed by atoms with Crippen molar-refractivity contribution in [1.29, 1.82) is 0 Å². The van der Waals surface area contributed by atoms with Crippen LogP contribution in [0.15, 0.2) is 24.3 Å². The third kappa shape index (κ3) is 3.63. The molecule has 0 nitrogen and oxygen atoms in total. The van der Waals surface area contributed by atoms with Crippen molar-refractivity contribution in [3.63, 3.8) is 0 Å². The minimum Gasteiger partial charge on any atom is -0.0805 e. The fourth-order valence-corrected chi connectivity index (χ4v) is 4.95. The molecule has 5 atom stereocenters. The van der Waals surface area contributed by atoms with E-state index >= 15 is 0 Å². The summed E-state index contributed by atoms with van der Waals surface area (Å²) in [7, 11) is 0. The number of hydrogen-bond acceptors (Lipinski definition) is 0. The summed E-state index contributed by atoms with van der Waals surface area (Å²) in [4.78, 5) is 0. The Labute approximate surface area is 132 Å². The molecule has 0 N–H and O–H groups in total. The molecule has 0 heterocycles. The predicted molar refractivity (Wildman–Crippen MR) is 90.8 cm³/mol. The summed E-state index contributed by atoms with van der Waals surface area (Å²) in [6.07, 6.45) is 27.8. The van der Waals surface area contributed by atoms with Crippen molar-refractivity contribution in [3.05, 3.63) is 30.7 Å². The van der Waals surface area contributed by atoms with Gasteiger partial charge in [0.1, 0.15) is 0 Å². The van der Waals surface area contributed by atoms with Gasteiger partial charge < -0.3 is 0 Å². The fourth-order valence-electron chi connectivity index (χ4n) is 4.95. The average Bonchev–Trinajstić information content (AvgIpc) is 2.90. The van der Waals surface area contributed by atoms with Gasteiger partial charge in [0.15, 0.2) is 0 Å². The zero-order valence-electron chi connectivity index (χ0n) is 13.8. The lowest BCUT2D eigenvalue weighted by atomic mass is 9.70. The molecular formula is C21H32. The molecule has 21 heavy (non-hydrogen) atoms. The highest BCUT2D eigenvalue weighted by atomic mass is 14.5. The van der Waals surface area contributed by atoms with Crippen molar-refractivity contribution in [2.75, 3.05) is 0 Å². The first-order valence-electron chi connectivity index (χ1n) is 9.51. The van der Waals surface area contributed by atoms with E-state index in [9.17, 15) is 0 Å². The molecule has 3 rings (SSSR count). The second kappa shape index (κ2) is 7.65. The monoisotopic (exact) mass is 284 g/mol. The SMILES string of the molecule is CCCCCCCCC1CCCC2C1[C]C1C=CC=CC12. The van der Waals surface area contributed by atoms with Gasteiger partial charge in [-0.15, -0.1) is 0 Å². The van der Waals surface area contributed by atoms with E-state index < -0.39 is 0 Å². The van der Waals surface area contributed by atoms with Gasteiger partial charge in [0.05, 0.1) is 0 Å². The number of fused-ring (bicyclic) bond motifs is 3. The molecule has 116 valence electrons. The molecule has 0 aromatic heterocycles. The first-order valence-corrected chi connectivity index (χ1v) is 9.51. The molecule has 2 saturated carbocycles. The van der Waals surface area contributed by atoms with Crippen molar-refractivity contribution in [1.82, 2.24) is 0 Å². The first kappa shape index (κ1) is 15.4. The molecule has 0 aromatic carbocycles. The van der Waals surface area contributed by atoms with Crippen LogP contribution >= 0.6 is 0 Å². The molecule has 2 radical (unpaired) electrons. The molecule has 0 aliphatic heterocycles. The number of hydrogen-bond donors (Lipinski definition) is 0. The van der Waals surface area contributed by atoms with Gasteiger partial charge in [-0.1, -0.05) is 89.0 Å². The van der Waals surface area contributed by atoms with E-state index in [1.807, 2.05) is 0 Å². The van der Waals surface area contributed by atoms with Crippen LogP contribution in [0.2, 0.25) is 0 Å². The molecule has 0 amide bonds. The Bertz CT molecular complexity index is 364. The molecular weight excluding hydrogens is 252 g/mol. The van der Waals surface area contributed by atoms with Crippen LogP contribution in [0.5, 0.6) is 0 Å². The highest BCUT2D eigenvalue weighted by Crippen LogP contribution is 2.53. The standard InChI is InChI=1S/C21H32/c1-2-3-4-5-6-7-11-17-13-10-15-20-19-14-9-8-12-18(19)16-21(17)20/h8-9,12,14,17-21H,2-7,10-11,13,15H2,1H3. The van der Waals surface area contributed by atoms with Gasteiger partial charge in [0, 0.05) is 0 Å². The van der Waals surface area contributed by atoms with Gasteiger partial charge in [-0.05, 0) is 42.4 Å². The zero-order valence-corrected chi connectivity index (χ0v) is 13.8. The Morgan fingerprint density at radius 2 is 1.76 bits per heavy atom. The Morgan fingerprint density at radius 1 is 0.952 bits per heavy atom. The third-order valence-corrected chi connectivity index (χ3v) is 6.07. The van der Waals surface area contributed by atoms with E-state index in [0.29, 0.717) is 5.92 Å². The second-order valence-electron chi connectivity index (χ2n) is 7.48. The number of allylic oxidation sites excluding steroid dienone is 4. The maximum Gasteiger partial charge on any atom is -0.00530 e. The van der Waals surface area contributed by atoms with Gasteiger partial charge >= 0.3 is 0 Å². The van der Waals surface area contributed by atoms with Crippen LogP contribution in [0.25, 0.3) is 0 Å². The minimum absolute atomic E-state index is 0.634. The quantitative estimate of drug-likeness (QED) is 0.487. The molecule has 2 fully saturated rings. The van der Waals surface area contributed by atoms with Crippen LogP contribution in [0.4, 0.5) is 0 Å². The lowest BCUT2D eigenvalue weighted by Crippen LogP contribution is -2.27. The normalized spacial score (nSPS) is 37.5. The summed E-state index contributed by atoms with van der Waals surface area (Å²) in [5.41, 5.74) is 0. The Kier molecular flexibility index (Phi) is 5.61. The summed E-state index contributed by atoms with van der Waals surface area (Å²) in [5.74, 6) is 4.08. The van der Waals surface area contributed by atoms with Crippen molar-refractivity contribution >= 4 is 0 Å². The van der Waals surface area contributed by atoms with E-state index in [1.54, 1.807) is 0 Å². The topological polar surface area (TPSA) is 0 Å². The lowest BCUT2D eigenvalue weighted by Gasteiger charge is -2.35. The van der Waals surface area contributed by atoms with E-state index in [-0.39, 0.29) is 0 Å². The van der Waals surface area contributed by atoms with E-state index in [4.69, 9.17) is 0 Å². The van der Waals surface area contributed by atoms with E-state index in [0.717, 1.165) is 23.7 Å². The highest BCUT2D eigenvalue weighted by Gasteiger charge is 2.46. The van der Waals surface area contributed by atoms with Crippen LogP contribution in [0.1, 0.15) is 71.1 Å². The molecule has 0 aromatic rings. The average molecular weight is 284 g/mol. The van der Waals surface area contributed by atoms with Crippen LogP contribution < -0.4 is 0 Å². The van der Waals surface area contributed by atoms with Crippen molar-refractivity contribution in [2.45, 2.75) is 71.1 Å². The maximum absolute atomic E-state index is 3.97. The van der Waals surface area contributed by atoms with Crippen LogP contribution in [-0.4, -0.2) is 0 Å². The largest absolute Gasteiger partial charge is 0.0805 e. The Balaban J connectivity index is 1.46. The smallest absolute Gasteiger partial charge is 0.00530 e. The van der Waals surface area contributed by atoms with Crippen LogP contribution in [0.3, 0.4) is 0 Å². The molecule has 3 aliphatic carbocycles. The van der Waals surface area contributed by atoms with Crippen molar-refractivity contribution in [3.8, 4) is 0 Å². The van der Waals surface area contributed by atoms with E-state index in [2.05, 4.69) is 37.6 Å². The Hall–Kier alpha value is -0.520. The van der Waals surface area contributed by atoms with Crippen molar-refractivity contribution < 1.29 is 0 Å². The molecule has 0 bridgehead atoms.